The Morgan fingerprint density at radius 1 is 0.958 bits per heavy atom. The van der Waals surface area contributed by atoms with Gasteiger partial charge in [0.15, 0.2) is 0 Å². The largest absolute Gasteiger partial charge is 0.340 e. The summed E-state index contributed by atoms with van der Waals surface area (Å²) in [6.45, 7) is 2.72. The average molecular weight is 358 g/mol. The van der Waals surface area contributed by atoms with Crippen molar-refractivity contribution >= 4 is 22.0 Å². The van der Waals surface area contributed by atoms with Gasteiger partial charge in [-0.2, -0.15) is 4.31 Å². The highest BCUT2D eigenvalue weighted by atomic mass is 32.2. The maximum Gasteiger partial charge on any atom is 0.317 e. The first-order valence-corrected chi connectivity index (χ1v) is 10.5. The lowest BCUT2D eigenvalue weighted by Crippen LogP contribution is -2.54. The second kappa shape index (κ2) is 6.87. The van der Waals surface area contributed by atoms with E-state index in [9.17, 15) is 18.0 Å². The molecular weight excluding hydrogens is 332 g/mol. The summed E-state index contributed by atoms with van der Waals surface area (Å²) in [4.78, 5) is 28.4. The van der Waals surface area contributed by atoms with Crippen molar-refractivity contribution in [3.05, 3.63) is 0 Å². The fourth-order valence-electron chi connectivity index (χ4n) is 3.36. The molecule has 0 aromatic carbocycles. The van der Waals surface area contributed by atoms with Gasteiger partial charge in [0.2, 0.25) is 15.9 Å². The highest BCUT2D eigenvalue weighted by molar-refractivity contribution is 7.88. The van der Waals surface area contributed by atoms with Crippen LogP contribution in [0.5, 0.6) is 0 Å². The molecule has 3 fully saturated rings. The second-order valence-electron chi connectivity index (χ2n) is 7.00. The van der Waals surface area contributed by atoms with Crippen LogP contribution in [-0.4, -0.2) is 86.0 Å². The van der Waals surface area contributed by atoms with Crippen LogP contribution in [0.4, 0.5) is 4.79 Å². The Labute approximate surface area is 143 Å². The van der Waals surface area contributed by atoms with Crippen molar-refractivity contribution < 1.29 is 18.0 Å². The molecule has 136 valence electrons. The molecular formula is C15H26N4O4S. The summed E-state index contributed by atoms with van der Waals surface area (Å²) in [7, 11) is -3.19. The second-order valence-corrected chi connectivity index (χ2v) is 8.98. The van der Waals surface area contributed by atoms with Crippen molar-refractivity contribution in [3.8, 4) is 0 Å². The van der Waals surface area contributed by atoms with E-state index in [-0.39, 0.29) is 17.9 Å². The van der Waals surface area contributed by atoms with Crippen molar-refractivity contribution in [1.29, 1.82) is 0 Å². The number of piperidine rings is 1. The van der Waals surface area contributed by atoms with Crippen molar-refractivity contribution in [2.75, 3.05) is 45.5 Å². The van der Waals surface area contributed by atoms with E-state index in [1.165, 1.54) is 10.6 Å². The minimum Gasteiger partial charge on any atom is -0.340 e. The Hall–Kier alpha value is -1.35. The molecule has 1 unspecified atom stereocenters. The molecule has 0 radical (unpaired) electrons. The molecule has 3 amide bonds. The molecule has 24 heavy (non-hydrogen) atoms. The number of hydrogen-bond donors (Lipinski definition) is 1. The van der Waals surface area contributed by atoms with E-state index in [1.54, 1.807) is 9.80 Å². The fourth-order valence-corrected chi connectivity index (χ4v) is 4.18. The molecule has 2 heterocycles. The fraction of sp³-hybridized carbons (Fsp3) is 0.867. The number of sulfonamides is 1. The molecule has 1 saturated carbocycles. The van der Waals surface area contributed by atoms with Gasteiger partial charge in [0, 0.05) is 45.3 Å². The number of nitrogens with one attached hydrogen (secondary N) is 1. The summed E-state index contributed by atoms with van der Waals surface area (Å²) in [5.41, 5.74) is 0. The smallest absolute Gasteiger partial charge is 0.317 e. The van der Waals surface area contributed by atoms with Gasteiger partial charge < -0.3 is 15.1 Å². The topological polar surface area (TPSA) is 90.0 Å². The average Bonchev–Trinajstić information content (AvgIpc) is 3.37. The maximum atomic E-state index is 12.7. The third-order valence-corrected chi connectivity index (χ3v) is 6.29. The molecule has 8 nitrogen and oxygen atoms in total. The summed E-state index contributed by atoms with van der Waals surface area (Å²) in [5.74, 6) is -0.124. The van der Waals surface area contributed by atoms with E-state index >= 15 is 0 Å². The minimum atomic E-state index is -3.19. The van der Waals surface area contributed by atoms with Gasteiger partial charge in [-0.05, 0) is 25.7 Å². The normalized spacial score (nSPS) is 26.3. The van der Waals surface area contributed by atoms with Crippen LogP contribution in [-0.2, 0) is 14.8 Å². The van der Waals surface area contributed by atoms with Gasteiger partial charge in [0.05, 0.1) is 12.2 Å². The molecule has 3 aliphatic rings. The van der Waals surface area contributed by atoms with Crippen molar-refractivity contribution in [1.82, 2.24) is 19.4 Å². The van der Waals surface area contributed by atoms with Crippen LogP contribution >= 0.6 is 0 Å². The molecule has 3 rings (SSSR count). The predicted molar refractivity (Wildman–Crippen MR) is 88.8 cm³/mol. The van der Waals surface area contributed by atoms with Gasteiger partial charge in [-0.25, -0.2) is 13.2 Å². The number of urea groups is 1. The molecule has 0 spiro atoms. The summed E-state index contributed by atoms with van der Waals surface area (Å²) in [6.07, 6.45) is 4.91. The molecule has 0 aromatic rings. The van der Waals surface area contributed by atoms with Crippen LogP contribution < -0.4 is 5.32 Å². The number of nitrogens with zero attached hydrogens (tertiary/aromatic N) is 3. The molecule has 2 aliphatic heterocycles. The number of rotatable bonds is 3. The van der Waals surface area contributed by atoms with E-state index in [2.05, 4.69) is 5.32 Å². The first-order chi connectivity index (χ1) is 11.3. The van der Waals surface area contributed by atoms with E-state index in [4.69, 9.17) is 0 Å². The summed E-state index contributed by atoms with van der Waals surface area (Å²) < 4.78 is 24.5. The lowest BCUT2D eigenvalue weighted by molar-refractivity contribution is -0.138. The van der Waals surface area contributed by atoms with Crippen LogP contribution in [0.15, 0.2) is 0 Å². The van der Waals surface area contributed by atoms with Crippen LogP contribution in [0.1, 0.15) is 25.7 Å². The molecule has 1 N–H and O–H groups in total. The van der Waals surface area contributed by atoms with Gasteiger partial charge in [-0.1, -0.05) is 0 Å². The number of hydrogen-bond acceptors (Lipinski definition) is 4. The van der Waals surface area contributed by atoms with Gasteiger partial charge in [0.25, 0.3) is 0 Å². The van der Waals surface area contributed by atoms with Crippen LogP contribution in [0, 0.1) is 5.92 Å². The summed E-state index contributed by atoms with van der Waals surface area (Å²) in [6, 6.07) is 0.259. The summed E-state index contributed by atoms with van der Waals surface area (Å²) in [5, 5.41) is 2.97. The molecule has 0 aromatic heterocycles. The van der Waals surface area contributed by atoms with Crippen molar-refractivity contribution in [3.63, 3.8) is 0 Å². The Kier molecular flexibility index (Phi) is 5.00. The standard InChI is InChI=1S/C15H26N4O4S/c1-24(22,23)19-9-7-17(8-10-19)14(20)12-3-2-6-18(11-12)15(21)16-13-4-5-13/h12-13H,2-11H2,1H3,(H,16,21). The van der Waals surface area contributed by atoms with Crippen LogP contribution in [0.2, 0.25) is 0 Å². The predicted octanol–water partition coefficient (Wildman–Crippen LogP) is -0.326. The minimum absolute atomic E-state index is 0.0482. The van der Waals surface area contributed by atoms with Gasteiger partial charge in [0.1, 0.15) is 0 Å². The maximum absolute atomic E-state index is 12.7. The quantitative estimate of drug-likeness (QED) is 0.748. The lowest BCUT2D eigenvalue weighted by Gasteiger charge is -2.38. The van der Waals surface area contributed by atoms with Crippen molar-refractivity contribution in [2.24, 2.45) is 5.92 Å². The Bertz CT molecular complexity index is 597. The SMILES string of the molecule is CS(=O)(=O)N1CCN(C(=O)C2CCCN(C(=O)NC3CC3)C2)CC1. The Balaban J connectivity index is 1.52. The number of piperazine rings is 1. The van der Waals surface area contributed by atoms with Gasteiger partial charge >= 0.3 is 6.03 Å². The highest BCUT2D eigenvalue weighted by Crippen LogP contribution is 2.22. The highest BCUT2D eigenvalue weighted by Gasteiger charge is 2.34. The summed E-state index contributed by atoms with van der Waals surface area (Å²) >= 11 is 0. The molecule has 0 bridgehead atoms. The number of carbonyl (C=O) groups excluding carboxylic acids is 2. The van der Waals surface area contributed by atoms with Gasteiger partial charge in [-0.15, -0.1) is 0 Å². The zero-order valence-corrected chi connectivity index (χ0v) is 14.9. The number of amides is 3. The van der Waals surface area contributed by atoms with Crippen LogP contribution in [0.25, 0.3) is 0 Å². The molecule has 1 atom stereocenters. The van der Waals surface area contributed by atoms with Crippen LogP contribution in [0.3, 0.4) is 0 Å². The molecule has 2 saturated heterocycles. The molecule has 9 heteroatoms. The number of carbonyl (C=O) groups is 2. The Morgan fingerprint density at radius 3 is 2.21 bits per heavy atom. The molecule has 1 aliphatic carbocycles. The third kappa shape index (κ3) is 4.18. The number of likely N-dealkylation sites (tertiary alicyclic amines) is 1. The third-order valence-electron chi connectivity index (χ3n) is 4.98. The first kappa shape index (κ1) is 17.5. The van der Waals surface area contributed by atoms with E-state index < -0.39 is 10.0 Å². The first-order valence-electron chi connectivity index (χ1n) is 8.64. The Morgan fingerprint density at radius 2 is 1.62 bits per heavy atom. The lowest BCUT2D eigenvalue weighted by atomic mass is 9.96. The van der Waals surface area contributed by atoms with E-state index in [0.29, 0.717) is 45.3 Å². The van der Waals surface area contributed by atoms with Gasteiger partial charge in [-0.3, -0.25) is 4.79 Å². The van der Waals surface area contributed by atoms with E-state index in [1.807, 2.05) is 0 Å². The van der Waals surface area contributed by atoms with Crippen molar-refractivity contribution in [2.45, 2.75) is 31.7 Å². The monoisotopic (exact) mass is 358 g/mol. The zero-order valence-electron chi connectivity index (χ0n) is 14.1. The zero-order chi connectivity index (χ0) is 17.3. The van der Waals surface area contributed by atoms with E-state index in [0.717, 1.165) is 25.7 Å².